The summed E-state index contributed by atoms with van der Waals surface area (Å²) in [6.45, 7) is 4.62. The number of fused-ring (bicyclic) bond motifs is 5. The predicted molar refractivity (Wildman–Crippen MR) is 186 cm³/mol. The van der Waals surface area contributed by atoms with E-state index in [1.54, 1.807) is 0 Å². The third-order valence-corrected chi connectivity index (χ3v) is 9.35. The molecule has 0 radical (unpaired) electrons. The average molecular weight is 592 g/mol. The molecule has 0 saturated heterocycles. The molecule has 9 rings (SSSR count). The number of hydrogen-bond acceptors (Lipinski definition) is 4. The third kappa shape index (κ3) is 4.02. The van der Waals surface area contributed by atoms with Crippen molar-refractivity contribution in [3.05, 3.63) is 151 Å². The predicted octanol–water partition coefficient (Wildman–Crippen LogP) is 9.67. The van der Waals surface area contributed by atoms with Gasteiger partial charge in [-0.05, 0) is 40.5 Å². The summed E-state index contributed by atoms with van der Waals surface area (Å²) in [5, 5.41) is 2.50. The van der Waals surface area contributed by atoms with Crippen LogP contribution in [0.4, 0.5) is 0 Å². The fraction of sp³-hybridized carbons (Fsp3) is 0.0732. The first-order chi connectivity index (χ1) is 22.6. The van der Waals surface area contributed by atoms with Gasteiger partial charge in [0.1, 0.15) is 0 Å². The monoisotopic (exact) mass is 591 g/mol. The Kier molecular flexibility index (Phi) is 5.78. The van der Waals surface area contributed by atoms with E-state index in [1.165, 1.54) is 38.5 Å². The summed E-state index contributed by atoms with van der Waals surface area (Å²) in [7, 11) is 0. The molecule has 4 heterocycles. The molecule has 8 aromatic rings. The number of nitrogens with zero attached hydrogens (tertiary/aromatic N) is 5. The highest BCUT2D eigenvalue weighted by molar-refractivity contribution is 6.12. The van der Waals surface area contributed by atoms with E-state index in [4.69, 9.17) is 15.0 Å². The molecule has 46 heavy (non-hydrogen) atoms. The van der Waals surface area contributed by atoms with Crippen molar-refractivity contribution in [2.24, 2.45) is 0 Å². The van der Waals surface area contributed by atoms with Crippen LogP contribution >= 0.6 is 0 Å². The zero-order chi connectivity index (χ0) is 30.8. The van der Waals surface area contributed by atoms with Gasteiger partial charge in [0.05, 0.1) is 22.9 Å². The van der Waals surface area contributed by atoms with E-state index < -0.39 is 0 Å². The Morgan fingerprint density at radius 2 is 1.09 bits per heavy atom. The van der Waals surface area contributed by atoms with Gasteiger partial charge < -0.3 is 4.57 Å². The Balaban J connectivity index is 1.15. The number of rotatable bonds is 4. The SMILES string of the molecule is CC1(C)c2ccncc2-n2c3ccc(-c4ccc(-c5nc(-c6ccccc6)nc(-c6ccccc6)n5)cc4)cc3c3cccc1c32. The molecule has 0 unspecified atom stereocenters. The fourth-order valence-corrected chi connectivity index (χ4v) is 6.99. The largest absolute Gasteiger partial charge is 0.307 e. The van der Waals surface area contributed by atoms with Crippen LogP contribution in [0.25, 0.3) is 72.8 Å². The maximum atomic E-state index is 4.90. The van der Waals surface area contributed by atoms with Gasteiger partial charge in [0, 0.05) is 39.1 Å². The molecule has 5 heteroatoms. The smallest absolute Gasteiger partial charge is 0.164 e. The lowest BCUT2D eigenvalue weighted by Crippen LogP contribution is -2.26. The maximum Gasteiger partial charge on any atom is 0.164 e. The highest BCUT2D eigenvalue weighted by atomic mass is 15.0. The van der Waals surface area contributed by atoms with Crippen LogP contribution in [0.2, 0.25) is 0 Å². The van der Waals surface area contributed by atoms with Gasteiger partial charge in [-0.3, -0.25) is 4.98 Å². The molecule has 0 fully saturated rings. The maximum absolute atomic E-state index is 4.90. The lowest BCUT2D eigenvalue weighted by Gasteiger charge is -2.34. The fourth-order valence-electron chi connectivity index (χ4n) is 6.99. The number of pyridine rings is 1. The zero-order valence-electron chi connectivity index (χ0n) is 25.5. The highest BCUT2D eigenvalue weighted by Crippen LogP contribution is 2.47. The molecule has 5 nitrogen and oxygen atoms in total. The van der Waals surface area contributed by atoms with Gasteiger partial charge in [-0.25, -0.2) is 15.0 Å². The molecule has 5 aromatic carbocycles. The Morgan fingerprint density at radius 1 is 0.500 bits per heavy atom. The molecule has 1 aliphatic rings. The molecule has 0 N–H and O–H groups in total. The quantitative estimate of drug-likeness (QED) is 0.204. The van der Waals surface area contributed by atoms with Crippen molar-refractivity contribution in [2.75, 3.05) is 0 Å². The summed E-state index contributed by atoms with van der Waals surface area (Å²) in [5.41, 5.74) is 11.3. The first kappa shape index (κ1) is 26.5. The summed E-state index contributed by atoms with van der Waals surface area (Å²) in [5.74, 6) is 1.97. The molecule has 0 spiro atoms. The normalized spacial score (nSPS) is 13.2. The molecule has 3 aromatic heterocycles. The van der Waals surface area contributed by atoms with Crippen molar-refractivity contribution in [3.63, 3.8) is 0 Å². The lowest BCUT2D eigenvalue weighted by molar-refractivity contribution is 0.628. The molecule has 0 amide bonds. The van der Waals surface area contributed by atoms with E-state index in [2.05, 4.69) is 90.1 Å². The number of benzene rings is 5. The second-order valence-corrected chi connectivity index (χ2v) is 12.4. The van der Waals surface area contributed by atoms with Crippen LogP contribution in [0, 0.1) is 0 Å². The molecular formula is C41H29N5. The lowest BCUT2D eigenvalue weighted by atomic mass is 9.75. The van der Waals surface area contributed by atoms with E-state index in [-0.39, 0.29) is 5.41 Å². The van der Waals surface area contributed by atoms with E-state index in [0.717, 1.165) is 27.9 Å². The van der Waals surface area contributed by atoms with Crippen molar-refractivity contribution < 1.29 is 0 Å². The topological polar surface area (TPSA) is 56.5 Å². The Bertz CT molecular complexity index is 2370. The van der Waals surface area contributed by atoms with Crippen molar-refractivity contribution in [2.45, 2.75) is 19.3 Å². The van der Waals surface area contributed by atoms with Gasteiger partial charge in [0.2, 0.25) is 0 Å². The Labute approximate surface area is 266 Å². The van der Waals surface area contributed by atoms with Crippen LogP contribution in [-0.4, -0.2) is 24.5 Å². The molecule has 0 atom stereocenters. The summed E-state index contributed by atoms with van der Waals surface area (Å²) in [4.78, 5) is 19.2. The van der Waals surface area contributed by atoms with Crippen LogP contribution < -0.4 is 0 Å². The van der Waals surface area contributed by atoms with Crippen LogP contribution in [-0.2, 0) is 5.41 Å². The first-order valence-electron chi connectivity index (χ1n) is 15.6. The van der Waals surface area contributed by atoms with Gasteiger partial charge in [0.25, 0.3) is 0 Å². The number of hydrogen-bond donors (Lipinski definition) is 0. The summed E-state index contributed by atoms with van der Waals surface area (Å²) < 4.78 is 2.40. The minimum Gasteiger partial charge on any atom is -0.307 e. The molecule has 0 aliphatic carbocycles. The van der Waals surface area contributed by atoms with Gasteiger partial charge in [0.15, 0.2) is 17.5 Å². The van der Waals surface area contributed by atoms with Gasteiger partial charge in [-0.2, -0.15) is 0 Å². The van der Waals surface area contributed by atoms with Crippen molar-refractivity contribution in [1.29, 1.82) is 0 Å². The molecule has 0 bridgehead atoms. The highest BCUT2D eigenvalue weighted by Gasteiger charge is 2.35. The number of para-hydroxylation sites is 1. The van der Waals surface area contributed by atoms with E-state index in [0.29, 0.717) is 17.5 Å². The zero-order valence-corrected chi connectivity index (χ0v) is 25.5. The second kappa shape index (κ2) is 10.0. The molecule has 1 aliphatic heterocycles. The Morgan fingerprint density at radius 3 is 1.74 bits per heavy atom. The first-order valence-corrected chi connectivity index (χ1v) is 15.6. The minimum atomic E-state index is -0.114. The number of aromatic nitrogens is 5. The summed E-state index contributed by atoms with van der Waals surface area (Å²) >= 11 is 0. The van der Waals surface area contributed by atoms with Gasteiger partial charge >= 0.3 is 0 Å². The minimum absolute atomic E-state index is 0.114. The van der Waals surface area contributed by atoms with Gasteiger partial charge in [-0.1, -0.05) is 123 Å². The van der Waals surface area contributed by atoms with Crippen LogP contribution in [0.3, 0.4) is 0 Å². The van der Waals surface area contributed by atoms with Crippen LogP contribution in [0.15, 0.2) is 140 Å². The molecular weight excluding hydrogens is 562 g/mol. The van der Waals surface area contributed by atoms with Crippen molar-refractivity contribution in [3.8, 4) is 51.0 Å². The van der Waals surface area contributed by atoms with Crippen molar-refractivity contribution >= 4 is 21.8 Å². The Hall–Kier alpha value is -5.94. The summed E-state index contributed by atoms with van der Waals surface area (Å²) in [6.07, 6.45) is 3.91. The third-order valence-electron chi connectivity index (χ3n) is 9.35. The molecule has 0 saturated carbocycles. The summed E-state index contributed by atoms with van der Waals surface area (Å²) in [6, 6.07) is 44.4. The van der Waals surface area contributed by atoms with Crippen LogP contribution in [0.1, 0.15) is 25.0 Å². The van der Waals surface area contributed by atoms with Gasteiger partial charge in [-0.15, -0.1) is 0 Å². The van der Waals surface area contributed by atoms with E-state index in [1.807, 2.05) is 73.1 Å². The van der Waals surface area contributed by atoms with Crippen LogP contribution in [0.5, 0.6) is 0 Å². The molecule has 218 valence electrons. The van der Waals surface area contributed by atoms with E-state index >= 15 is 0 Å². The van der Waals surface area contributed by atoms with E-state index in [9.17, 15) is 0 Å². The van der Waals surface area contributed by atoms with Crippen molar-refractivity contribution in [1.82, 2.24) is 24.5 Å². The average Bonchev–Trinajstić information content (AvgIpc) is 3.46. The second-order valence-electron chi connectivity index (χ2n) is 12.4. The standard InChI is InChI=1S/C41H29N5/c1-41(2)33-22-23-42-25-36(33)46-35-21-20-30(24-32(35)31-14-9-15-34(41)37(31)46)26-16-18-29(19-17-26)40-44-38(27-10-5-3-6-11-27)43-39(45-40)28-12-7-4-8-13-28/h3-25H,1-2H3.